The molecule has 0 atom stereocenters. The van der Waals surface area contributed by atoms with E-state index in [4.69, 9.17) is 15.3 Å². The first-order valence-electron chi connectivity index (χ1n) is 6.64. The minimum Gasteiger partial charge on any atom is -0.439 e. The first kappa shape index (κ1) is 13.8. The van der Waals surface area contributed by atoms with Crippen molar-refractivity contribution in [3.63, 3.8) is 0 Å². The van der Waals surface area contributed by atoms with Crippen molar-refractivity contribution in [2.45, 2.75) is 25.8 Å². The third-order valence-electron chi connectivity index (χ3n) is 3.10. The molecule has 0 saturated carbocycles. The van der Waals surface area contributed by atoms with Crippen LogP contribution in [-0.2, 0) is 6.54 Å². The molecular formula is C14H21N3O2. The van der Waals surface area contributed by atoms with Crippen LogP contribution in [0.15, 0.2) is 22.6 Å². The van der Waals surface area contributed by atoms with Crippen molar-refractivity contribution >= 4 is 16.8 Å². The molecule has 0 unspecified atom stereocenters. The summed E-state index contributed by atoms with van der Waals surface area (Å²) in [7, 11) is 2.04. The summed E-state index contributed by atoms with van der Waals surface area (Å²) in [5.74, 6) is 0.692. The normalized spacial score (nSPS) is 11.5. The van der Waals surface area contributed by atoms with Gasteiger partial charge in [0, 0.05) is 6.61 Å². The van der Waals surface area contributed by atoms with Gasteiger partial charge in [-0.3, -0.25) is 4.90 Å². The van der Waals surface area contributed by atoms with Crippen LogP contribution < -0.4 is 5.73 Å². The van der Waals surface area contributed by atoms with E-state index in [1.807, 2.05) is 25.2 Å². The van der Waals surface area contributed by atoms with E-state index in [1.165, 1.54) is 0 Å². The van der Waals surface area contributed by atoms with Crippen LogP contribution in [0.5, 0.6) is 0 Å². The molecule has 3 N–H and O–H groups in total. The molecule has 0 radical (unpaired) electrons. The van der Waals surface area contributed by atoms with Crippen molar-refractivity contribution in [3.8, 4) is 0 Å². The fourth-order valence-electron chi connectivity index (χ4n) is 2.06. The van der Waals surface area contributed by atoms with Gasteiger partial charge < -0.3 is 15.3 Å². The number of unbranched alkanes of at least 4 members (excludes halogenated alkanes) is 2. The van der Waals surface area contributed by atoms with Crippen LogP contribution in [0, 0.1) is 0 Å². The molecule has 19 heavy (non-hydrogen) atoms. The molecule has 2 rings (SSSR count). The predicted octanol–water partition coefficient (Wildman–Crippen LogP) is 2.00. The maximum atomic E-state index is 8.72. The number of para-hydroxylation sites is 1. The molecule has 0 bridgehead atoms. The van der Waals surface area contributed by atoms with Gasteiger partial charge in [0.05, 0.1) is 12.2 Å². The zero-order chi connectivity index (χ0) is 13.7. The molecule has 0 aliphatic rings. The lowest BCUT2D eigenvalue weighted by Gasteiger charge is -2.13. The van der Waals surface area contributed by atoms with Crippen molar-refractivity contribution < 1.29 is 9.52 Å². The molecule has 0 aliphatic carbocycles. The monoisotopic (exact) mass is 263 g/mol. The largest absolute Gasteiger partial charge is 0.439 e. The molecule has 0 fully saturated rings. The molecule has 1 heterocycles. The summed E-state index contributed by atoms with van der Waals surface area (Å²) in [4.78, 5) is 6.59. The molecule has 5 nitrogen and oxygen atoms in total. The molecule has 1 aromatic heterocycles. The summed E-state index contributed by atoms with van der Waals surface area (Å²) in [5.41, 5.74) is 7.99. The molecule has 0 spiro atoms. The van der Waals surface area contributed by atoms with Crippen molar-refractivity contribution in [3.05, 3.63) is 24.1 Å². The number of anilines is 1. The van der Waals surface area contributed by atoms with Crippen molar-refractivity contribution in [2.24, 2.45) is 0 Å². The summed E-state index contributed by atoms with van der Waals surface area (Å²) in [6.45, 7) is 1.91. The molecule has 5 heteroatoms. The Morgan fingerprint density at radius 2 is 2.16 bits per heavy atom. The second-order valence-electron chi connectivity index (χ2n) is 4.82. The fourth-order valence-corrected chi connectivity index (χ4v) is 2.06. The molecule has 0 aliphatic heterocycles. The molecular weight excluding hydrogens is 242 g/mol. The number of benzene rings is 1. The lowest BCUT2D eigenvalue weighted by Crippen LogP contribution is -2.19. The van der Waals surface area contributed by atoms with Gasteiger partial charge >= 0.3 is 0 Å². The van der Waals surface area contributed by atoms with Crippen LogP contribution in [0.1, 0.15) is 25.2 Å². The van der Waals surface area contributed by atoms with Gasteiger partial charge in [-0.15, -0.1) is 0 Å². The summed E-state index contributed by atoms with van der Waals surface area (Å²) in [6, 6.07) is 5.57. The average Bonchev–Trinajstić information content (AvgIpc) is 2.79. The number of rotatable bonds is 7. The van der Waals surface area contributed by atoms with E-state index in [-0.39, 0.29) is 6.61 Å². The maximum absolute atomic E-state index is 8.72. The van der Waals surface area contributed by atoms with Gasteiger partial charge in [0.15, 0.2) is 5.58 Å². The average molecular weight is 263 g/mol. The topological polar surface area (TPSA) is 75.5 Å². The number of fused-ring (bicyclic) bond motifs is 1. The highest BCUT2D eigenvalue weighted by molar-refractivity contribution is 5.85. The van der Waals surface area contributed by atoms with Crippen LogP contribution in [0.3, 0.4) is 0 Å². The fraction of sp³-hybridized carbons (Fsp3) is 0.500. The Bertz CT molecular complexity index is 524. The van der Waals surface area contributed by atoms with Crippen LogP contribution >= 0.6 is 0 Å². The number of aliphatic hydroxyl groups excluding tert-OH is 1. The molecule has 2 aromatic rings. The van der Waals surface area contributed by atoms with Crippen LogP contribution in [0.25, 0.3) is 11.1 Å². The zero-order valence-electron chi connectivity index (χ0n) is 11.3. The second-order valence-corrected chi connectivity index (χ2v) is 4.82. The third-order valence-corrected chi connectivity index (χ3v) is 3.10. The standard InChI is InChI=1S/C14H21N3O2/c1-17(8-3-2-4-9-18)10-13-16-14-11(15)6-5-7-12(14)19-13/h5-7,18H,2-4,8-10,15H2,1H3. The minimum absolute atomic E-state index is 0.272. The summed E-state index contributed by atoms with van der Waals surface area (Å²) in [6.07, 6.45) is 2.98. The SMILES string of the molecule is CN(CCCCCO)Cc1nc2c(N)cccc2o1. The number of aromatic nitrogens is 1. The number of oxazole rings is 1. The summed E-state index contributed by atoms with van der Waals surface area (Å²) >= 11 is 0. The van der Waals surface area contributed by atoms with Gasteiger partial charge in [-0.2, -0.15) is 0 Å². The Morgan fingerprint density at radius 1 is 1.32 bits per heavy atom. The Kier molecular flexibility index (Phi) is 4.76. The first-order valence-corrected chi connectivity index (χ1v) is 6.64. The predicted molar refractivity (Wildman–Crippen MR) is 75.7 cm³/mol. The summed E-state index contributed by atoms with van der Waals surface area (Å²) < 4.78 is 5.67. The number of nitrogens with zero attached hydrogens (tertiary/aromatic N) is 2. The van der Waals surface area contributed by atoms with Gasteiger partial charge in [-0.05, 0) is 45.0 Å². The number of hydrogen-bond donors (Lipinski definition) is 2. The van der Waals surface area contributed by atoms with Crippen LogP contribution in [-0.4, -0.2) is 35.2 Å². The van der Waals surface area contributed by atoms with Gasteiger partial charge in [-0.1, -0.05) is 6.07 Å². The maximum Gasteiger partial charge on any atom is 0.209 e. The molecule has 0 amide bonds. The third kappa shape index (κ3) is 3.68. The Morgan fingerprint density at radius 3 is 2.89 bits per heavy atom. The highest BCUT2D eigenvalue weighted by Crippen LogP contribution is 2.21. The number of aliphatic hydroxyl groups is 1. The van der Waals surface area contributed by atoms with Crippen LogP contribution in [0.2, 0.25) is 0 Å². The number of hydrogen-bond acceptors (Lipinski definition) is 5. The zero-order valence-corrected chi connectivity index (χ0v) is 11.3. The van der Waals surface area contributed by atoms with E-state index in [0.29, 0.717) is 18.1 Å². The van der Waals surface area contributed by atoms with E-state index in [0.717, 1.165) is 36.9 Å². The molecule has 1 aromatic carbocycles. The quantitative estimate of drug-likeness (QED) is 0.590. The van der Waals surface area contributed by atoms with E-state index in [2.05, 4.69) is 9.88 Å². The highest BCUT2D eigenvalue weighted by atomic mass is 16.3. The van der Waals surface area contributed by atoms with E-state index >= 15 is 0 Å². The lowest BCUT2D eigenvalue weighted by molar-refractivity contribution is 0.262. The first-order chi connectivity index (χ1) is 9.20. The second kappa shape index (κ2) is 6.54. The molecule has 0 saturated heterocycles. The van der Waals surface area contributed by atoms with Crippen LogP contribution in [0.4, 0.5) is 5.69 Å². The molecule has 104 valence electrons. The van der Waals surface area contributed by atoms with Crippen molar-refractivity contribution in [1.29, 1.82) is 0 Å². The van der Waals surface area contributed by atoms with E-state index in [1.54, 1.807) is 0 Å². The van der Waals surface area contributed by atoms with Gasteiger partial charge in [0.25, 0.3) is 0 Å². The minimum atomic E-state index is 0.272. The van der Waals surface area contributed by atoms with Gasteiger partial charge in [0.2, 0.25) is 5.89 Å². The van der Waals surface area contributed by atoms with Gasteiger partial charge in [-0.25, -0.2) is 4.98 Å². The smallest absolute Gasteiger partial charge is 0.209 e. The Balaban J connectivity index is 1.92. The number of nitrogen functional groups attached to an aromatic ring is 1. The van der Waals surface area contributed by atoms with Crippen molar-refractivity contribution in [1.82, 2.24) is 9.88 Å². The Hall–Kier alpha value is -1.59. The lowest BCUT2D eigenvalue weighted by atomic mass is 10.2. The Labute approximate surface area is 113 Å². The number of nitrogens with two attached hydrogens (primary N) is 1. The van der Waals surface area contributed by atoms with Crippen molar-refractivity contribution in [2.75, 3.05) is 25.9 Å². The van der Waals surface area contributed by atoms with Gasteiger partial charge in [0.1, 0.15) is 5.52 Å². The highest BCUT2D eigenvalue weighted by Gasteiger charge is 2.09. The van der Waals surface area contributed by atoms with E-state index < -0.39 is 0 Å². The van der Waals surface area contributed by atoms with E-state index in [9.17, 15) is 0 Å². The summed E-state index contributed by atoms with van der Waals surface area (Å²) in [5, 5.41) is 8.72.